The maximum Gasteiger partial charge on any atom is 0.331 e. The van der Waals surface area contributed by atoms with Crippen molar-refractivity contribution in [1.29, 1.82) is 0 Å². The zero-order chi connectivity index (χ0) is 17.4. The summed E-state index contributed by atoms with van der Waals surface area (Å²) in [6.45, 7) is 3.95. The van der Waals surface area contributed by atoms with E-state index in [4.69, 9.17) is 4.74 Å². The number of imidazole rings is 1. The average Bonchev–Trinajstić information content (AvgIpc) is 3.20. The molecule has 0 amide bonds. The highest BCUT2D eigenvalue weighted by Crippen LogP contribution is 2.28. The zero-order valence-corrected chi connectivity index (χ0v) is 13.7. The number of nitrogens with zero attached hydrogens (tertiary/aromatic N) is 4. The van der Waals surface area contributed by atoms with Gasteiger partial charge < -0.3 is 9.72 Å². The van der Waals surface area contributed by atoms with Crippen LogP contribution in [0.25, 0.3) is 28.2 Å². The normalized spacial score (nSPS) is 11.3. The Kier molecular flexibility index (Phi) is 3.57. The van der Waals surface area contributed by atoms with Crippen LogP contribution in [0.3, 0.4) is 0 Å². The second-order valence-electron chi connectivity index (χ2n) is 5.82. The summed E-state index contributed by atoms with van der Waals surface area (Å²) in [4.78, 5) is 23.1. The lowest BCUT2D eigenvalue weighted by atomic mass is 10.2. The van der Waals surface area contributed by atoms with Crippen molar-refractivity contribution < 1.29 is 4.74 Å². The van der Waals surface area contributed by atoms with Gasteiger partial charge in [0.15, 0.2) is 5.82 Å². The standard InChI is InChI=1S/C17H16N6O2/c1-10(2)25-11-3-4-13-12(9-11)15(22-21-13)16-18-6-5-14(20-16)23-8-7-19-17(23)24/h3-10H,1-2H3,(H,19,24)(H,21,22). The minimum atomic E-state index is -0.260. The lowest BCUT2D eigenvalue weighted by Gasteiger charge is -2.09. The van der Waals surface area contributed by atoms with E-state index in [1.165, 1.54) is 4.57 Å². The van der Waals surface area contributed by atoms with E-state index >= 15 is 0 Å². The minimum Gasteiger partial charge on any atom is -0.491 e. The summed E-state index contributed by atoms with van der Waals surface area (Å²) in [7, 11) is 0. The molecule has 0 atom stereocenters. The predicted molar refractivity (Wildman–Crippen MR) is 92.8 cm³/mol. The summed E-state index contributed by atoms with van der Waals surface area (Å²) >= 11 is 0. The molecule has 0 bridgehead atoms. The third-order valence-corrected chi connectivity index (χ3v) is 3.65. The maximum absolute atomic E-state index is 11.8. The van der Waals surface area contributed by atoms with Gasteiger partial charge >= 0.3 is 5.69 Å². The van der Waals surface area contributed by atoms with Crippen molar-refractivity contribution in [3.05, 3.63) is 53.3 Å². The van der Waals surface area contributed by atoms with E-state index in [1.807, 2.05) is 32.0 Å². The van der Waals surface area contributed by atoms with Crippen molar-refractivity contribution >= 4 is 10.9 Å². The van der Waals surface area contributed by atoms with E-state index in [0.717, 1.165) is 16.7 Å². The summed E-state index contributed by atoms with van der Waals surface area (Å²) in [5, 5.41) is 8.16. The van der Waals surface area contributed by atoms with Crippen LogP contribution < -0.4 is 10.4 Å². The quantitative estimate of drug-likeness (QED) is 0.595. The van der Waals surface area contributed by atoms with Crippen LogP contribution in [0.15, 0.2) is 47.7 Å². The molecule has 0 saturated carbocycles. The molecule has 1 aromatic carbocycles. The fourth-order valence-electron chi connectivity index (χ4n) is 2.61. The Morgan fingerprint density at radius 3 is 2.88 bits per heavy atom. The highest BCUT2D eigenvalue weighted by Gasteiger charge is 2.14. The SMILES string of the molecule is CC(C)Oc1ccc2[nH]nc(-c3nccc(-n4cc[nH]c4=O)n3)c2c1. The molecule has 0 aliphatic carbocycles. The van der Waals surface area contributed by atoms with Gasteiger partial charge in [-0.3, -0.25) is 9.67 Å². The molecular formula is C17H16N6O2. The monoisotopic (exact) mass is 336 g/mol. The number of hydrogen-bond acceptors (Lipinski definition) is 5. The van der Waals surface area contributed by atoms with Gasteiger partial charge in [-0.1, -0.05) is 0 Å². The van der Waals surface area contributed by atoms with E-state index < -0.39 is 0 Å². The van der Waals surface area contributed by atoms with Crippen LogP contribution in [0.1, 0.15) is 13.8 Å². The molecule has 0 saturated heterocycles. The van der Waals surface area contributed by atoms with Crippen molar-refractivity contribution in [2.24, 2.45) is 0 Å². The molecule has 3 heterocycles. The number of hydrogen-bond donors (Lipinski definition) is 2. The Hall–Kier alpha value is -3.42. The van der Waals surface area contributed by atoms with Crippen LogP contribution in [0, 0.1) is 0 Å². The average molecular weight is 336 g/mol. The van der Waals surface area contributed by atoms with Gasteiger partial charge in [-0.2, -0.15) is 5.10 Å². The van der Waals surface area contributed by atoms with Crippen molar-refractivity contribution in [3.63, 3.8) is 0 Å². The number of H-pyrrole nitrogens is 2. The van der Waals surface area contributed by atoms with Crippen molar-refractivity contribution in [2.75, 3.05) is 0 Å². The van der Waals surface area contributed by atoms with Crippen LogP contribution >= 0.6 is 0 Å². The number of nitrogens with one attached hydrogen (secondary N) is 2. The lowest BCUT2D eigenvalue weighted by Crippen LogP contribution is -2.15. The van der Waals surface area contributed by atoms with E-state index in [1.54, 1.807) is 24.7 Å². The second kappa shape index (κ2) is 5.90. The van der Waals surface area contributed by atoms with E-state index in [9.17, 15) is 4.79 Å². The molecule has 8 heteroatoms. The number of ether oxygens (including phenoxy) is 1. The number of aromatic nitrogens is 6. The first-order chi connectivity index (χ1) is 12.1. The van der Waals surface area contributed by atoms with Crippen LogP contribution in [0.5, 0.6) is 5.75 Å². The van der Waals surface area contributed by atoms with Gasteiger partial charge in [0.25, 0.3) is 0 Å². The minimum absolute atomic E-state index is 0.0767. The summed E-state index contributed by atoms with van der Waals surface area (Å²) in [5.74, 6) is 1.66. The fourth-order valence-corrected chi connectivity index (χ4v) is 2.61. The molecule has 0 fully saturated rings. The summed E-state index contributed by atoms with van der Waals surface area (Å²) < 4.78 is 7.16. The van der Waals surface area contributed by atoms with Crippen molar-refractivity contribution in [1.82, 2.24) is 29.7 Å². The Balaban J connectivity index is 1.82. The molecule has 0 radical (unpaired) electrons. The molecule has 0 spiro atoms. The molecule has 4 aromatic rings. The van der Waals surface area contributed by atoms with Gasteiger partial charge in [0.05, 0.1) is 11.6 Å². The van der Waals surface area contributed by atoms with Gasteiger partial charge in [0.2, 0.25) is 0 Å². The topological polar surface area (TPSA) is 101 Å². The molecule has 126 valence electrons. The summed E-state index contributed by atoms with van der Waals surface area (Å²) in [6.07, 6.45) is 4.86. The first-order valence-corrected chi connectivity index (χ1v) is 7.86. The highest BCUT2D eigenvalue weighted by molar-refractivity contribution is 5.92. The lowest BCUT2D eigenvalue weighted by molar-refractivity contribution is 0.243. The molecular weight excluding hydrogens is 320 g/mol. The van der Waals surface area contributed by atoms with E-state index in [0.29, 0.717) is 17.3 Å². The number of fused-ring (bicyclic) bond motifs is 1. The Morgan fingerprint density at radius 2 is 2.12 bits per heavy atom. The van der Waals surface area contributed by atoms with Crippen LogP contribution in [-0.4, -0.2) is 35.8 Å². The fraction of sp³-hybridized carbons (Fsp3) is 0.176. The summed E-state index contributed by atoms with van der Waals surface area (Å²) in [6, 6.07) is 7.37. The molecule has 25 heavy (non-hydrogen) atoms. The third kappa shape index (κ3) is 2.78. The highest BCUT2D eigenvalue weighted by atomic mass is 16.5. The zero-order valence-electron chi connectivity index (χ0n) is 13.7. The van der Waals surface area contributed by atoms with Gasteiger partial charge in [0.1, 0.15) is 17.3 Å². The number of aromatic amines is 2. The van der Waals surface area contributed by atoms with Crippen LogP contribution in [0.4, 0.5) is 0 Å². The maximum atomic E-state index is 11.8. The largest absolute Gasteiger partial charge is 0.491 e. The molecule has 3 aromatic heterocycles. The Labute approximate surface area is 142 Å². The number of benzene rings is 1. The van der Waals surface area contributed by atoms with E-state index in [2.05, 4.69) is 25.1 Å². The predicted octanol–water partition coefficient (Wildman–Crippen LogP) is 2.29. The van der Waals surface area contributed by atoms with Gasteiger partial charge in [-0.25, -0.2) is 14.8 Å². The molecule has 0 aliphatic heterocycles. The smallest absolute Gasteiger partial charge is 0.331 e. The first-order valence-electron chi connectivity index (χ1n) is 7.86. The third-order valence-electron chi connectivity index (χ3n) is 3.65. The first kappa shape index (κ1) is 15.1. The molecule has 4 rings (SSSR count). The van der Waals surface area contributed by atoms with Crippen LogP contribution in [-0.2, 0) is 0 Å². The molecule has 2 N–H and O–H groups in total. The van der Waals surface area contributed by atoms with Gasteiger partial charge in [-0.05, 0) is 38.1 Å². The van der Waals surface area contributed by atoms with Crippen LogP contribution in [0.2, 0.25) is 0 Å². The molecule has 0 unspecified atom stereocenters. The Morgan fingerprint density at radius 1 is 1.24 bits per heavy atom. The van der Waals surface area contributed by atoms with Crippen molar-refractivity contribution in [3.8, 4) is 23.1 Å². The number of rotatable bonds is 4. The molecule has 8 nitrogen and oxygen atoms in total. The van der Waals surface area contributed by atoms with Gasteiger partial charge in [0, 0.05) is 24.0 Å². The van der Waals surface area contributed by atoms with E-state index in [-0.39, 0.29) is 11.8 Å². The Bertz CT molecular complexity index is 1090. The van der Waals surface area contributed by atoms with Gasteiger partial charge in [-0.15, -0.1) is 0 Å². The van der Waals surface area contributed by atoms with Crippen molar-refractivity contribution in [2.45, 2.75) is 20.0 Å². The molecule has 0 aliphatic rings. The second-order valence-corrected chi connectivity index (χ2v) is 5.82. The summed E-state index contributed by atoms with van der Waals surface area (Å²) in [5.41, 5.74) is 1.21.